The van der Waals surface area contributed by atoms with Gasteiger partial charge in [-0.25, -0.2) is 26.3 Å². The summed E-state index contributed by atoms with van der Waals surface area (Å²) in [5.41, 5.74) is 0. The van der Waals surface area contributed by atoms with E-state index in [1.807, 2.05) is 9.44 Å². The summed E-state index contributed by atoms with van der Waals surface area (Å²) in [6, 6.07) is 3.18. The second-order valence-electron chi connectivity index (χ2n) is 3.46. The SMILES string of the molecule is CC(C(C)S(=O)(=O)NCC#N)S(=O)(=O)NCC#N. The minimum absolute atomic E-state index is 0.426. The predicted octanol–water partition coefficient (Wildman–Crippen LogP) is -1.35. The Labute approximate surface area is 107 Å². The van der Waals surface area contributed by atoms with Gasteiger partial charge in [0.25, 0.3) is 0 Å². The van der Waals surface area contributed by atoms with Gasteiger partial charge >= 0.3 is 0 Å². The van der Waals surface area contributed by atoms with Crippen molar-refractivity contribution in [3.63, 3.8) is 0 Å². The van der Waals surface area contributed by atoms with Gasteiger partial charge in [-0.1, -0.05) is 0 Å². The van der Waals surface area contributed by atoms with Crippen LogP contribution >= 0.6 is 0 Å². The molecule has 0 aliphatic rings. The van der Waals surface area contributed by atoms with Gasteiger partial charge in [-0.05, 0) is 13.8 Å². The van der Waals surface area contributed by atoms with Crippen LogP contribution in [0.15, 0.2) is 0 Å². The van der Waals surface area contributed by atoms with Gasteiger partial charge in [0.15, 0.2) is 0 Å². The summed E-state index contributed by atoms with van der Waals surface area (Å²) in [6.07, 6.45) is 0. The van der Waals surface area contributed by atoms with Crippen molar-refractivity contribution in [2.45, 2.75) is 24.3 Å². The van der Waals surface area contributed by atoms with Gasteiger partial charge in [0.05, 0.1) is 35.7 Å². The van der Waals surface area contributed by atoms with Crippen LogP contribution in [-0.4, -0.2) is 40.4 Å². The molecule has 0 bridgehead atoms. The Bertz CT molecular complexity index is 503. The first-order valence-corrected chi connectivity index (χ1v) is 7.99. The zero-order chi connectivity index (χ0) is 14.4. The first kappa shape index (κ1) is 16.8. The second-order valence-corrected chi connectivity index (χ2v) is 7.70. The van der Waals surface area contributed by atoms with E-state index in [0.29, 0.717) is 0 Å². The first-order chi connectivity index (χ1) is 8.19. The van der Waals surface area contributed by atoms with Gasteiger partial charge in [0, 0.05) is 0 Å². The summed E-state index contributed by atoms with van der Waals surface area (Å²) >= 11 is 0. The summed E-state index contributed by atoms with van der Waals surface area (Å²) in [6.45, 7) is 1.59. The highest BCUT2D eigenvalue weighted by molar-refractivity contribution is 7.94. The van der Waals surface area contributed by atoms with E-state index in [1.165, 1.54) is 13.8 Å². The molecule has 0 saturated heterocycles. The van der Waals surface area contributed by atoms with Crippen molar-refractivity contribution in [2.75, 3.05) is 13.1 Å². The van der Waals surface area contributed by atoms with E-state index in [2.05, 4.69) is 0 Å². The maximum atomic E-state index is 11.6. The van der Waals surface area contributed by atoms with Crippen molar-refractivity contribution >= 4 is 20.0 Å². The lowest BCUT2D eigenvalue weighted by Crippen LogP contribution is -2.46. The van der Waals surface area contributed by atoms with Crippen LogP contribution in [0.3, 0.4) is 0 Å². The highest BCUT2D eigenvalue weighted by atomic mass is 32.2. The molecule has 0 aromatic carbocycles. The molecule has 2 unspecified atom stereocenters. The normalized spacial score (nSPS) is 15.3. The summed E-state index contributed by atoms with van der Waals surface area (Å²) < 4.78 is 50.5. The van der Waals surface area contributed by atoms with Crippen LogP contribution in [-0.2, 0) is 20.0 Å². The fraction of sp³-hybridized carbons (Fsp3) is 0.750. The van der Waals surface area contributed by atoms with E-state index in [0.717, 1.165) is 0 Å². The largest absolute Gasteiger partial charge is 0.216 e. The monoisotopic (exact) mass is 294 g/mol. The van der Waals surface area contributed by atoms with Crippen LogP contribution in [0.2, 0.25) is 0 Å². The zero-order valence-electron chi connectivity index (χ0n) is 9.91. The number of sulfonamides is 2. The van der Waals surface area contributed by atoms with Crippen LogP contribution in [0.25, 0.3) is 0 Å². The van der Waals surface area contributed by atoms with Crippen LogP contribution in [0.4, 0.5) is 0 Å². The molecule has 0 rings (SSSR count). The van der Waals surface area contributed by atoms with Crippen molar-refractivity contribution < 1.29 is 16.8 Å². The number of hydrogen-bond donors (Lipinski definition) is 2. The van der Waals surface area contributed by atoms with Crippen LogP contribution in [0.1, 0.15) is 13.8 Å². The molecule has 0 fully saturated rings. The number of nitriles is 2. The predicted molar refractivity (Wildman–Crippen MR) is 64.0 cm³/mol. The molecule has 2 N–H and O–H groups in total. The van der Waals surface area contributed by atoms with Gasteiger partial charge in [-0.2, -0.15) is 10.5 Å². The van der Waals surface area contributed by atoms with E-state index in [1.54, 1.807) is 12.1 Å². The lowest BCUT2D eigenvalue weighted by molar-refractivity contribution is 0.550. The lowest BCUT2D eigenvalue weighted by atomic mass is 10.4. The summed E-state index contributed by atoms with van der Waals surface area (Å²) in [5, 5.41) is 14.1. The topological polar surface area (TPSA) is 140 Å². The maximum Gasteiger partial charge on any atom is 0.216 e. The van der Waals surface area contributed by atoms with Crippen molar-refractivity contribution in [3.05, 3.63) is 0 Å². The van der Waals surface area contributed by atoms with E-state index in [-0.39, 0.29) is 0 Å². The van der Waals surface area contributed by atoms with E-state index < -0.39 is 43.6 Å². The number of nitrogens with one attached hydrogen (secondary N) is 2. The molecule has 8 nitrogen and oxygen atoms in total. The average Bonchev–Trinajstić information content (AvgIpc) is 2.32. The fourth-order valence-electron chi connectivity index (χ4n) is 1.03. The molecule has 10 heteroatoms. The molecule has 0 aromatic rings. The van der Waals surface area contributed by atoms with Crippen molar-refractivity contribution in [2.24, 2.45) is 0 Å². The van der Waals surface area contributed by atoms with Gasteiger partial charge in [-0.15, -0.1) is 0 Å². The minimum atomic E-state index is -3.90. The van der Waals surface area contributed by atoms with Gasteiger partial charge in [0.1, 0.15) is 0 Å². The Morgan fingerprint density at radius 2 is 1.17 bits per heavy atom. The van der Waals surface area contributed by atoms with Crippen molar-refractivity contribution in [1.29, 1.82) is 10.5 Å². The second kappa shape index (κ2) is 6.66. The number of nitrogens with zero attached hydrogens (tertiary/aromatic N) is 2. The summed E-state index contributed by atoms with van der Waals surface area (Å²) in [5.74, 6) is 0. The van der Waals surface area contributed by atoms with Crippen LogP contribution in [0, 0.1) is 22.7 Å². The molecular weight excluding hydrogens is 280 g/mol. The minimum Gasteiger partial charge on any atom is -0.212 e. The quantitative estimate of drug-likeness (QED) is 0.556. The molecule has 18 heavy (non-hydrogen) atoms. The van der Waals surface area contributed by atoms with Gasteiger partial charge < -0.3 is 0 Å². The van der Waals surface area contributed by atoms with Crippen molar-refractivity contribution in [3.8, 4) is 12.1 Å². The van der Waals surface area contributed by atoms with Gasteiger partial charge in [-0.3, -0.25) is 0 Å². The Morgan fingerprint density at radius 3 is 1.39 bits per heavy atom. The smallest absolute Gasteiger partial charge is 0.212 e. The van der Waals surface area contributed by atoms with Crippen LogP contribution in [0.5, 0.6) is 0 Å². The van der Waals surface area contributed by atoms with Crippen LogP contribution < -0.4 is 9.44 Å². The van der Waals surface area contributed by atoms with Crippen molar-refractivity contribution in [1.82, 2.24) is 9.44 Å². The molecule has 0 heterocycles. The Morgan fingerprint density at radius 1 is 0.889 bits per heavy atom. The molecule has 0 aromatic heterocycles. The number of hydrogen-bond acceptors (Lipinski definition) is 6. The fourth-order valence-corrected chi connectivity index (χ4v) is 3.98. The molecular formula is C8H14N4O4S2. The standard InChI is InChI=1S/C8H14N4O4S2/c1-7(17(13,14)11-5-3-9)8(2)18(15,16)12-6-4-10/h7-8,11-12H,5-6H2,1-2H3. The average molecular weight is 294 g/mol. The molecule has 0 aliphatic heterocycles. The molecule has 0 radical (unpaired) electrons. The molecule has 0 spiro atoms. The van der Waals surface area contributed by atoms with E-state index >= 15 is 0 Å². The summed E-state index contributed by atoms with van der Waals surface area (Å²) in [4.78, 5) is 0. The molecule has 102 valence electrons. The third-order valence-electron chi connectivity index (χ3n) is 2.34. The third-order valence-corrected chi connectivity index (χ3v) is 6.38. The zero-order valence-corrected chi connectivity index (χ0v) is 11.5. The summed E-state index contributed by atoms with van der Waals surface area (Å²) in [7, 11) is -7.81. The Kier molecular flexibility index (Phi) is 6.21. The molecule has 2 atom stereocenters. The molecule has 0 aliphatic carbocycles. The molecule has 0 saturated carbocycles. The third kappa shape index (κ3) is 4.58. The highest BCUT2D eigenvalue weighted by Gasteiger charge is 2.34. The Balaban J connectivity index is 4.96. The highest BCUT2D eigenvalue weighted by Crippen LogP contribution is 2.11. The lowest BCUT2D eigenvalue weighted by Gasteiger charge is -2.19. The number of rotatable bonds is 7. The van der Waals surface area contributed by atoms with Gasteiger partial charge in [0.2, 0.25) is 20.0 Å². The Hall–Kier alpha value is -1.20. The van der Waals surface area contributed by atoms with E-state index in [4.69, 9.17) is 10.5 Å². The maximum absolute atomic E-state index is 11.6. The molecule has 0 amide bonds. The van der Waals surface area contributed by atoms with E-state index in [9.17, 15) is 16.8 Å². The first-order valence-electron chi connectivity index (χ1n) is 4.90.